The van der Waals surface area contributed by atoms with Crippen molar-refractivity contribution in [2.75, 3.05) is 11.5 Å². The molecule has 104 valence electrons. The van der Waals surface area contributed by atoms with Gasteiger partial charge in [-0.25, -0.2) is 8.42 Å². The molecule has 0 aromatic heterocycles. The van der Waals surface area contributed by atoms with Gasteiger partial charge in [-0.3, -0.25) is 4.79 Å². The Morgan fingerprint density at radius 3 is 2.84 bits per heavy atom. The molecular weight excluding hydrogens is 286 g/mol. The van der Waals surface area contributed by atoms with E-state index in [-0.39, 0.29) is 29.8 Å². The van der Waals surface area contributed by atoms with Gasteiger partial charge in [0.05, 0.1) is 11.5 Å². The average molecular weight is 302 g/mol. The first-order chi connectivity index (χ1) is 8.94. The summed E-state index contributed by atoms with van der Waals surface area (Å²) in [6, 6.07) is 7.28. The number of hydrogen-bond donors (Lipinski definition) is 1. The third kappa shape index (κ3) is 4.51. The lowest BCUT2D eigenvalue weighted by Gasteiger charge is -2.09. The molecule has 0 unspecified atom stereocenters. The molecule has 19 heavy (non-hydrogen) atoms. The lowest BCUT2D eigenvalue weighted by Crippen LogP contribution is -2.25. The van der Waals surface area contributed by atoms with Gasteiger partial charge in [0.1, 0.15) is 0 Å². The van der Waals surface area contributed by atoms with Gasteiger partial charge in [0, 0.05) is 18.0 Å². The van der Waals surface area contributed by atoms with Crippen LogP contribution >= 0.6 is 11.6 Å². The number of hydrogen-bond acceptors (Lipinski definition) is 3. The summed E-state index contributed by atoms with van der Waals surface area (Å²) in [6.07, 6.45) is 0.868. The number of benzene rings is 1. The Labute approximate surface area is 118 Å². The zero-order valence-corrected chi connectivity index (χ0v) is 12.0. The molecule has 0 radical (unpaired) electrons. The van der Waals surface area contributed by atoms with Gasteiger partial charge in [-0.2, -0.15) is 0 Å². The number of carbonyl (C=O) groups is 1. The summed E-state index contributed by atoms with van der Waals surface area (Å²) in [7, 11) is -2.91. The third-order valence-electron chi connectivity index (χ3n) is 3.18. The molecule has 2 rings (SSSR count). The molecule has 0 bridgehead atoms. The maximum atomic E-state index is 11.7. The van der Waals surface area contributed by atoms with Crippen LogP contribution in [0.4, 0.5) is 0 Å². The fraction of sp³-hybridized carbons (Fsp3) is 0.462. The Balaban J connectivity index is 1.79. The topological polar surface area (TPSA) is 63.2 Å². The molecule has 1 saturated heterocycles. The molecule has 0 spiro atoms. The standard InChI is InChI=1S/C13H16ClNO3S/c14-12-3-1-2-10(6-12)8-15-13(16)7-11-4-5-19(17,18)9-11/h1-3,6,11H,4-5,7-9H2,(H,15,16)/t11-/m1/s1. The van der Waals surface area contributed by atoms with Gasteiger partial charge in [-0.1, -0.05) is 23.7 Å². The Morgan fingerprint density at radius 2 is 2.21 bits per heavy atom. The number of halogens is 1. The molecule has 6 heteroatoms. The van der Waals surface area contributed by atoms with Gasteiger partial charge in [0.15, 0.2) is 9.84 Å². The molecule has 4 nitrogen and oxygen atoms in total. The maximum Gasteiger partial charge on any atom is 0.220 e. The predicted octanol–water partition coefficient (Wildman–Crippen LogP) is 1.78. The van der Waals surface area contributed by atoms with Gasteiger partial charge in [-0.05, 0) is 30.0 Å². The van der Waals surface area contributed by atoms with E-state index >= 15 is 0 Å². The summed E-state index contributed by atoms with van der Waals surface area (Å²) in [5.41, 5.74) is 0.930. The smallest absolute Gasteiger partial charge is 0.220 e. The molecule has 1 amide bonds. The van der Waals surface area contributed by atoms with Crippen molar-refractivity contribution < 1.29 is 13.2 Å². The first kappa shape index (κ1) is 14.3. The van der Waals surface area contributed by atoms with E-state index in [2.05, 4.69) is 5.32 Å². The Bertz CT molecular complexity index is 571. The lowest BCUT2D eigenvalue weighted by atomic mass is 10.1. The fourth-order valence-corrected chi connectivity index (χ4v) is 4.29. The van der Waals surface area contributed by atoms with Crippen LogP contribution in [-0.2, 0) is 21.2 Å². The van der Waals surface area contributed by atoms with Gasteiger partial charge in [0.2, 0.25) is 5.91 Å². The minimum absolute atomic E-state index is 0.0376. The highest BCUT2D eigenvalue weighted by atomic mass is 35.5. The zero-order chi connectivity index (χ0) is 13.9. The van der Waals surface area contributed by atoms with Crippen LogP contribution in [-0.4, -0.2) is 25.8 Å². The average Bonchev–Trinajstić information content (AvgIpc) is 2.66. The van der Waals surface area contributed by atoms with Crippen LogP contribution in [0.5, 0.6) is 0 Å². The fourth-order valence-electron chi connectivity index (χ4n) is 2.21. The monoisotopic (exact) mass is 301 g/mol. The van der Waals surface area contributed by atoms with Crippen molar-refractivity contribution in [3.8, 4) is 0 Å². The van der Waals surface area contributed by atoms with Crippen molar-refractivity contribution in [2.24, 2.45) is 5.92 Å². The Kier molecular flexibility index (Phi) is 4.47. The first-order valence-corrected chi connectivity index (χ1v) is 8.36. The number of amides is 1. The summed E-state index contributed by atoms with van der Waals surface area (Å²) >= 11 is 5.85. The largest absolute Gasteiger partial charge is 0.352 e. The molecule has 1 aromatic carbocycles. The summed E-state index contributed by atoms with van der Waals surface area (Å²) < 4.78 is 22.6. The van der Waals surface area contributed by atoms with E-state index in [1.54, 1.807) is 12.1 Å². The van der Waals surface area contributed by atoms with Crippen LogP contribution in [0.3, 0.4) is 0 Å². The van der Waals surface area contributed by atoms with Crippen molar-refractivity contribution in [2.45, 2.75) is 19.4 Å². The number of nitrogens with one attached hydrogen (secondary N) is 1. The van der Waals surface area contributed by atoms with Crippen LogP contribution in [0, 0.1) is 5.92 Å². The summed E-state index contributed by atoms with van der Waals surface area (Å²) in [5, 5.41) is 3.42. The van der Waals surface area contributed by atoms with E-state index in [0.717, 1.165) is 5.56 Å². The second-order valence-corrected chi connectivity index (χ2v) is 7.54. The minimum atomic E-state index is -2.91. The predicted molar refractivity (Wildman–Crippen MR) is 74.7 cm³/mol. The molecule has 1 aromatic rings. The molecule has 1 atom stereocenters. The van der Waals surface area contributed by atoms with Crippen molar-refractivity contribution in [3.05, 3.63) is 34.9 Å². The highest BCUT2D eigenvalue weighted by Crippen LogP contribution is 2.21. The number of sulfone groups is 1. The molecule has 1 N–H and O–H groups in total. The minimum Gasteiger partial charge on any atom is -0.352 e. The molecule has 1 fully saturated rings. The van der Waals surface area contributed by atoms with Crippen LogP contribution in [0.25, 0.3) is 0 Å². The van der Waals surface area contributed by atoms with E-state index in [1.165, 1.54) is 0 Å². The highest BCUT2D eigenvalue weighted by Gasteiger charge is 2.29. The maximum absolute atomic E-state index is 11.7. The van der Waals surface area contributed by atoms with Crippen LogP contribution < -0.4 is 5.32 Å². The normalized spacial score (nSPS) is 21.2. The molecule has 1 heterocycles. The van der Waals surface area contributed by atoms with Gasteiger partial charge >= 0.3 is 0 Å². The van der Waals surface area contributed by atoms with Crippen LogP contribution in [0.2, 0.25) is 5.02 Å². The molecule has 0 aliphatic carbocycles. The molecular formula is C13H16ClNO3S. The SMILES string of the molecule is O=C(C[C@H]1CCS(=O)(=O)C1)NCc1cccc(Cl)c1. The number of rotatable bonds is 4. The Morgan fingerprint density at radius 1 is 1.42 bits per heavy atom. The van der Waals surface area contributed by atoms with Gasteiger partial charge < -0.3 is 5.32 Å². The zero-order valence-electron chi connectivity index (χ0n) is 10.4. The van der Waals surface area contributed by atoms with Crippen molar-refractivity contribution in [1.82, 2.24) is 5.32 Å². The molecule has 1 aliphatic rings. The second-order valence-electron chi connectivity index (χ2n) is 4.88. The van der Waals surface area contributed by atoms with E-state index < -0.39 is 9.84 Å². The molecule has 0 saturated carbocycles. The molecule has 1 aliphatic heterocycles. The van der Waals surface area contributed by atoms with Gasteiger partial charge in [0.25, 0.3) is 0 Å². The third-order valence-corrected chi connectivity index (χ3v) is 5.25. The van der Waals surface area contributed by atoms with Crippen molar-refractivity contribution >= 4 is 27.3 Å². The van der Waals surface area contributed by atoms with Gasteiger partial charge in [-0.15, -0.1) is 0 Å². The summed E-state index contributed by atoms with van der Waals surface area (Å²) in [6.45, 7) is 0.416. The van der Waals surface area contributed by atoms with Crippen LogP contribution in [0.15, 0.2) is 24.3 Å². The van der Waals surface area contributed by atoms with E-state index in [0.29, 0.717) is 18.0 Å². The van der Waals surface area contributed by atoms with E-state index in [4.69, 9.17) is 11.6 Å². The Hall–Kier alpha value is -1.07. The van der Waals surface area contributed by atoms with E-state index in [1.807, 2.05) is 12.1 Å². The van der Waals surface area contributed by atoms with Crippen molar-refractivity contribution in [3.63, 3.8) is 0 Å². The summed E-state index contributed by atoms with van der Waals surface area (Å²) in [5.74, 6) is 0.197. The van der Waals surface area contributed by atoms with E-state index in [9.17, 15) is 13.2 Å². The second kappa shape index (κ2) is 5.92. The van der Waals surface area contributed by atoms with Crippen LogP contribution in [0.1, 0.15) is 18.4 Å². The lowest BCUT2D eigenvalue weighted by molar-refractivity contribution is -0.122. The quantitative estimate of drug-likeness (QED) is 0.922. The number of carbonyl (C=O) groups excluding carboxylic acids is 1. The summed E-state index contributed by atoms with van der Waals surface area (Å²) in [4.78, 5) is 11.7. The first-order valence-electron chi connectivity index (χ1n) is 6.16. The van der Waals surface area contributed by atoms with Crippen molar-refractivity contribution in [1.29, 1.82) is 0 Å². The highest BCUT2D eigenvalue weighted by molar-refractivity contribution is 7.91.